The molecular weight excluding hydrogens is 176 g/mol. The number of nitrogens with one attached hydrogen (secondary N) is 1. The van der Waals surface area contributed by atoms with Gasteiger partial charge in [0.15, 0.2) is 0 Å². The average Bonchev–Trinajstić information content (AvgIpc) is 2.04. The Balaban J connectivity index is 2.53. The third-order valence-electron chi connectivity index (χ3n) is 1.94. The smallest absolute Gasteiger partial charge is 0.224 e. The summed E-state index contributed by atoms with van der Waals surface area (Å²) in [4.78, 5) is 7.98. The van der Waals surface area contributed by atoms with Gasteiger partial charge in [-0.05, 0) is 24.6 Å². The van der Waals surface area contributed by atoms with E-state index in [1.807, 2.05) is 0 Å². The van der Waals surface area contributed by atoms with Crippen LogP contribution in [0.4, 0.5) is 5.82 Å². The fraction of sp³-hybridized carbons (Fsp3) is 0.429. The molecular formula is C7H9ClN4. The fourth-order valence-electron chi connectivity index (χ4n) is 1.36. The molecule has 1 aromatic rings. The van der Waals surface area contributed by atoms with Crippen molar-refractivity contribution in [1.82, 2.24) is 15.3 Å². The molecule has 64 valence electrons. The quantitative estimate of drug-likeness (QED) is 0.572. The first-order chi connectivity index (χ1) is 5.77. The van der Waals surface area contributed by atoms with Crippen LogP contribution in [0, 0.1) is 0 Å². The Morgan fingerprint density at radius 1 is 1.42 bits per heavy atom. The fourth-order valence-corrected chi connectivity index (χ4v) is 1.55. The summed E-state index contributed by atoms with van der Waals surface area (Å²) < 4.78 is 0. The van der Waals surface area contributed by atoms with Gasteiger partial charge in [0.1, 0.15) is 5.82 Å². The van der Waals surface area contributed by atoms with Crippen molar-refractivity contribution >= 4 is 17.4 Å². The van der Waals surface area contributed by atoms with Crippen molar-refractivity contribution in [2.45, 2.75) is 13.0 Å². The van der Waals surface area contributed by atoms with Crippen molar-refractivity contribution in [1.29, 1.82) is 0 Å². The second-order valence-electron chi connectivity index (χ2n) is 2.73. The molecule has 0 unspecified atom stereocenters. The molecule has 0 bridgehead atoms. The first-order valence-corrected chi connectivity index (χ1v) is 4.16. The maximum absolute atomic E-state index is 5.68. The highest BCUT2D eigenvalue weighted by atomic mass is 35.5. The lowest BCUT2D eigenvalue weighted by Crippen LogP contribution is -2.26. The highest BCUT2D eigenvalue weighted by Gasteiger charge is 2.14. The summed E-state index contributed by atoms with van der Waals surface area (Å²) in [5, 5.41) is 3.42. The maximum atomic E-state index is 5.68. The van der Waals surface area contributed by atoms with Crippen LogP contribution in [0.5, 0.6) is 0 Å². The molecule has 1 aliphatic heterocycles. The topological polar surface area (TPSA) is 63.8 Å². The van der Waals surface area contributed by atoms with Crippen molar-refractivity contribution in [3.8, 4) is 0 Å². The monoisotopic (exact) mass is 184 g/mol. The standard InChI is InChI=1S/C7H9ClN4/c8-7-11-5-3-10-2-1-4(5)6(9)12-7/h10H,1-3H2,(H2,9,11,12). The first kappa shape index (κ1) is 7.76. The van der Waals surface area contributed by atoms with Crippen molar-refractivity contribution < 1.29 is 0 Å². The maximum Gasteiger partial charge on any atom is 0.224 e. The summed E-state index contributed by atoms with van der Waals surface area (Å²) in [6.07, 6.45) is 0.887. The minimum Gasteiger partial charge on any atom is -0.383 e. The van der Waals surface area contributed by atoms with Gasteiger partial charge in [0.25, 0.3) is 0 Å². The van der Waals surface area contributed by atoms with E-state index in [1.165, 1.54) is 0 Å². The molecule has 0 amide bonds. The van der Waals surface area contributed by atoms with E-state index in [1.54, 1.807) is 0 Å². The van der Waals surface area contributed by atoms with Crippen LogP contribution in [0.25, 0.3) is 0 Å². The van der Waals surface area contributed by atoms with Gasteiger partial charge in [-0.2, -0.15) is 0 Å². The highest BCUT2D eigenvalue weighted by molar-refractivity contribution is 6.28. The third kappa shape index (κ3) is 1.23. The van der Waals surface area contributed by atoms with E-state index in [2.05, 4.69) is 15.3 Å². The summed E-state index contributed by atoms with van der Waals surface area (Å²) in [5.74, 6) is 0.520. The van der Waals surface area contributed by atoms with Gasteiger partial charge < -0.3 is 11.1 Å². The van der Waals surface area contributed by atoms with E-state index < -0.39 is 0 Å². The molecule has 0 spiro atoms. The molecule has 0 aromatic carbocycles. The number of hydrogen-bond acceptors (Lipinski definition) is 4. The number of nitrogens with two attached hydrogens (primary N) is 1. The molecule has 0 aliphatic carbocycles. The molecule has 12 heavy (non-hydrogen) atoms. The largest absolute Gasteiger partial charge is 0.383 e. The Labute approximate surface area is 75.2 Å². The van der Waals surface area contributed by atoms with Crippen LogP contribution in [0.3, 0.4) is 0 Å². The summed E-state index contributed by atoms with van der Waals surface area (Å²) in [6.45, 7) is 1.67. The zero-order valence-corrected chi connectivity index (χ0v) is 7.23. The second kappa shape index (κ2) is 2.88. The van der Waals surface area contributed by atoms with Crippen LogP contribution >= 0.6 is 11.6 Å². The van der Waals surface area contributed by atoms with Gasteiger partial charge in [-0.25, -0.2) is 9.97 Å². The van der Waals surface area contributed by atoms with Crippen molar-refractivity contribution in [2.75, 3.05) is 12.3 Å². The van der Waals surface area contributed by atoms with Crippen LogP contribution in [-0.2, 0) is 13.0 Å². The zero-order chi connectivity index (χ0) is 8.55. The predicted octanol–water partition coefficient (Wildman–Crippen LogP) is 0.358. The van der Waals surface area contributed by atoms with Crippen LogP contribution < -0.4 is 11.1 Å². The molecule has 0 saturated carbocycles. The van der Waals surface area contributed by atoms with E-state index in [0.717, 1.165) is 30.8 Å². The van der Waals surface area contributed by atoms with Crippen LogP contribution in [-0.4, -0.2) is 16.5 Å². The van der Waals surface area contributed by atoms with Gasteiger partial charge in [0.2, 0.25) is 5.28 Å². The number of aromatic nitrogens is 2. The van der Waals surface area contributed by atoms with E-state index in [-0.39, 0.29) is 5.28 Å². The number of halogens is 1. The summed E-state index contributed by atoms with van der Waals surface area (Å²) >= 11 is 5.65. The molecule has 2 rings (SSSR count). The van der Waals surface area contributed by atoms with E-state index in [9.17, 15) is 0 Å². The minimum absolute atomic E-state index is 0.231. The number of nitrogens with zero attached hydrogens (tertiary/aromatic N) is 2. The second-order valence-corrected chi connectivity index (χ2v) is 3.07. The lowest BCUT2D eigenvalue weighted by Gasteiger charge is -2.16. The summed E-state index contributed by atoms with van der Waals surface area (Å²) in [5.41, 5.74) is 7.65. The molecule has 1 aliphatic rings. The molecule has 0 saturated heterocycles. The summed E-state index contributed by atoms with van der Waals surface area (Å²) in [6, 6.07) is 0. The number of anilines is 1. The third-order valence-corrected chi connectivity index (χ3v) is 2.11. The lowest BCUT2D eigenvalue weighted by atomic mass is 10.1. The predicted molar refractivity (Wildman–Crippen MR) is 46.9 cm³/mol. The molecule has 5 heteroatoms. The van der Waals surface area contributed by atoms with Crippen molar-refractivity contribution in [3.05, 3.63) is 16.5 Å². The highest BCUT2D eigenvalue weighted by Crippen LogP contribution is 2.18. The number of nitrogen functional groups attached to an aromatic ring is 1. The van der Waals surface area contributed by atoms with Crippen LogP contribution in [0.1, 0.15) is 11.3 Å². The molecule has 2 heterocycles. The van der Waals surface area contributed by atoms with E-state index in [0.29, 0.717) is 5.82 Å². The van der Waals surface area contributed by atoms with Gasteiger partial charge in [0, 0.05) is 12.1 Å². The van der Waals surface area contributed by atoms with Gasteiger partial charge in [-0.1, -0.05) is 0 Å². The zero-order valence-electron chi connectivity index (χ0n) is 6.47. The Morgan fingerprint density at radius 2 is 2.25 bits per heavy atom. The van der Waals surface area contributed by atoms with Crippen LogP contribution in [0.2, 0.25) is 5.28 Å². The Hall–Kier alpha value is -0.870. The van der Waals surface area contributed by atoms with Gasteiger partial charge in [-0.3, -0.25) is 0 Å². The van der Waals surface area contributed by atoms with Crippen LogP contribution in [0.15, 0.2) is 0 Å². The number of rotatable bonds is 0. The molecule has 0 atom stereocenters. The number of hydrogen-bond donors (Lipinski definition) is 2. The first-order valence-electron chi connectivity index (χ1n) is 3.79. The SMILES string of the molecule is Nc1nc(Cl)nc2c1CCNC2. The minimum atomic E-state index is 0.231. The average molecular weight is 185 g/mol. The Bertz CT molecular complexity index is 313. The molecule has 1 aromatic heterocycles. The molecule has 4 nitrogen and oxygen atoms in total. The molecule has 3 N–H and O–H groups in total. The molecule has 0 radical (unpaired) electrons. The summed E-state index contributed by atoms with van der Waals surface area (Å²) in [7, 11) is 0. The normalized spacial score (nSPS) is 15.8. The van der Waals surface area contributed by atoms with Crippen molar-refractivity contribution in [3.63, 3.8) is 0 Å². The van der Waals surface area contributed by atoms with E-state index in [4.69, 9.17) is 17.3 Å². The Morgan fingerprint density at radius 3 is 3.08 bits per heavy atom. The van der Waals surface area contributed by atoms with Gasteiger partial charge in [-0.15, -0.1) is 0 Å². The van der Waals surface area contributed by atoms with Gasteiger partial charge >= 0.3 is 0 Å². The Kier molecular flexibility index (Phi) is 1.86. The van der Waals surface area contributed by atoms with Gasteiger partial charge in [0.05, 0.1) is 5.69 Å². The molecule has 0 fully saturated rings. The van der Waals surface area contributed by atoms with E-state index >= 15 is 0 Å². The number of fused-ring (bicyclic) bond motifs is 1. The van der Waals surface area contributed by atoms with Crippen molar-refractivity contribution in [2.24, 2.45) is 0 Å². The lowest BCUT2D eigenvalue weighted by molar-refractivity contribution is 0.625.